The lowest BCUT2D eigenvalue weighted by molar-refractivity contribution is -0.377. The number of alkyl halides is 2. The summed E-state index contributed by atoms with van der Waals surface area (Å²) in [6.07, 6.45) is 6.78. The SMILES string of the molecule is Cn1ccnc1S(=O)(=O)N1CCSC1C(=O)O[C@@H](Cc1c(Cl)c[nH+]cc1Cl)c1ccc(OC(F)F)c(OCC2CC2)c1.[OH-]. The van der Waals surface area contributed by atoms with Gasteiger partial charge in [0.15, 0.2) is 29.3 Å². The molecule has 234 valence electrons. The van der Waals surface area contributed by atoms with Gasteiger partial charge in [-0.05, 0) is 36.5 Å². The quantitative estimate of drug-likeness (QED) is 0.255. The van der Waals surface area contributed by atoms with E-state index in [9.17, 15) is 22.0 Å². The molecule has 0 bridgehead atoms. The smallest absolute Gasteiger partial charge is 0.387 e. The molecular formula is C26H28Cl2F2N4O7S2. The van der Waals surface area contributed by atoms with Crippen molar-refractivity contribution in [3.05, 3.63) is 64.2 Å². The molecule has 0 spiro atoms. The van der Waals surface area contributed by atoms with Gasteiger partial charge in [0.25, 0.3) is 10.0 Å². The maximum Gasteiger partial charge on any atom is 0.387 e. The molecule has 5 rings (SSSR count). The standard InChI is InChI=1S/C26H26Cl2F2N4O6S2.H2O/c1-33-7-6-32-26(33)42(36,37)34-8-9-41-23(34)24(35)39-21(11-17-18(27)12-31-13-19(17)28)16-4-5-20(40-25(29)30)22(10-16)38-14-15-2-3-15;/h4-7,10,12-13,15,21,23,25H,2-3,8-9,11,14H2,1H3;1H2/t21-,23?;/m0./s1. The van der Waals surface area contributed by atoms with E-state index in [-0.39, 0.29) is 45.1 Å². The van der Waals surface area contributed by atoms with Crippen LogP contribution in [-0.2, 0) is 33.0 Å². The van der Waals surface area contributed by atoms with Crippen molar-refractivity contribution in [1.29, 1.82) is 0 Å². The van der Waals surface area contributed by atoms with Crippen LogP contribution in [0.2, 0.25) is 10.0 Å². The summed E-state index contributed by atoms with van der Waals surface area (Å²) >= 11 is 13.9. The normalized spacial score (nSPS) is 17.9. The maximum absolute atomic E-state index is 13.6. The summed E-state index contributed by atoms with van der Waals surface area (Å²) in [6.45, 7) is -2.68. The van der Waals surface area contributed by atoms with E-state index in [0.717, 1.165) is 28.9 Å². The van der Waals surface area contributed by atoms with Crippen LogP contribution in [-0.4, -0.2) is 64.6 Å². The van der Waals surface area contributed by atoms with E-state index in [1.54, 1.807) is 7.05 Å². The average Bonchev–Trinajstić information content (AvgIpc) is 3.42. The van der Waals surface area contributed by atoms with Crippen LogP contribution in [0, 0.1) is 5.92 Å². The van der Waals surface area contributed by atoms with Crippen LogP contribution in [0.4, 0.5) is 8.78 Å². The molecule has 1 saturated carbocycles. The van der Waals surface area contributed by atoms with Crippen molar-refractivity contribution in [2.45, 2.75) is 42.5 Å². The molecule has 2 N–H and O–H groups in total. The zero-order chi connectivity index (χ0) is 30.0. The number of pyridine rings is 1. The number of rotatable bonds is 12. The molecule has 1 unspecified atom stereocenters. The highest BCUT2D eigenvalue weighted by atomic mass is 35.5. The molecule has 11 nitrogen and oxygen atoms in total. The van der Waals surface area contributed by atoms with E-state index in [1.807, 2.05) is 0 Å². The second-order valence-electron chi connectivity index (χ2n) is 9.76. The number of thioether (sulfide) groups is 1. The number of halogens is 4. The number of nitrogens with zero attached hydrogens (tertiary/aromatic N) is 3. The van der Waals surface area contributed by atoms with E-state index in [4.69, 9.17) is 32.7 Å². The molecule has 43 heavy (non-hydrogen) atoms. The number of sulfonamides is 1. The lowest BCUT2D eigenvalue weighted by Crippen LogP contribution is -2.41. The van der Waals surface area contributed by atoms with Crippen molar-refractivity contribution in [2.75, 3.05) is 18.9 Å². The number of hydrogen-bond acceptors (Lipinski definition) is 9. The number of H-pyrrole nitrogens is 1. The van der Waals surface area contributed by atoms with Crippen molar-refractivity contribution < 1.29 is 46.7 Å². The Morgan fingerprint density at radius 2 is 1.93 bits per heavy atom. The molecule has 3 aromatic rings. The minimum Gasteiger partial charge on any atom is -0.870 e. The molecule has 2 aromatic heterocycles. The Labute approximate surface area is 260 Å². The molecule has 0 radical (unpaired) electrons. The van der Waals surface area contributed by atoms with Crippen LogP contribution in [0.1, 0.15) is 30.1 Å². The van der Waals surface area contributed by atoms with Gasteiger partial charge in [0, 0.05) is 43.7 Å². The summed E-state index contributed by atoms with van der Waals surface area (Å²) in [5, 5.41) is -0.830. The summed E-state index contributed by atoms with van der Waals surface area (Å²) in [5.41, 5.74) is 0.844. The van der Waals surface area contributed by atoms with Gasteiger partial charge in [-0.15, -0.1) is 11.8 Å². The Bertz CT molecular complexity index is 1540. The Morgan fingerprint density at radius 1 is 1.21 bits per heavy atom. The third-order valence-corrected chi connectivity index (χ3v) is 10.6. The first-order valence-electron chi connectivity index (χ1n) is 12.9. The molecule has 1 aliphatic carbocycles. The van der Waals surface area contributed by atoms with Gasteiger partial charge in [-0.25, -0.2) is 23.2 Å². The molecule has 2 aliphatic rings. The predicted molar refractivity (Wildman–Crippen MR) is 152 cm³/mol. The molecule has 1 saturated heterocycles. The highest BCUT2D eigenvalue weighted by Gasteiger charge is 2.43. The summed E-state index contributed by atoms with van der Waals surface area (Å²) in [4.78, 5) is 20.4. The number of imidazole rings is 1. The first kappa shape index (κ1) is 33.2. The van der Waals surface area contributed by atoms with Gasteiger partial charge in [0.2, 0.25) is 5.16 Å². The third-order valence-electron chi connectivity index (χ3n) is 6.74. The fraction of sp³-hybridized carbons (Fsp3) is 0.423. The number of aromatic amines is 1. The second-order valence-corrected chi connectivity index (χ2v) is 13.5. The highest BCUT2D eigenvalue weighted by Crippen LogP contribution is 2.39. The lowest BCUT2D eigenvalue weighted by atomic mass is 10.0. The molecule has 0 amide bonds. The van der Waals surface area contributed by atoms with E-state index in [2.05, 4.69) is 14.7 Å². The summed E-state index contributed by atoms with van der Waals surface area (Å²) in [6, 6.07) is 4.26. The van der Waals surface area contributed by atoms with Crippen LogP contribution < -0.4 is 14.5 Å². The van der Waals surface area contributed by atoms with Crippen LogP contribution >= 0.6 is 35.0 Å². The van der Waals surface area contributed by atoms with Crippen molar-refractivity contribution in [2.24, 2.45) is 13.0 Å². The molecule has 2 atom stereocenters. The number of esters is 1. The number of carbonyl (C=O) groups is 1. The number of hydrogen-bond donors (Lipinski definition) is 0. The molecule has 3 heterocycles. The zero-order valence-corrected chi connectivity index (χ0v) is 25.8. The maximum atomic E-state index is 13.6. The zero-order valence-electron chi connectivity index (χ0n) is 22.7. The van der Waals surface area contributed by atoms with E-state index >= 15 is 0 Å². The Hall–Kier alpha value is -2.69. The summed E-state index contributed by atoms with van der Waals surface area (Å²) < 4.78 is 71.8. The van der Waals surface area contributed by atoms with Crippen LogP contribution in [0.25, 0.3) is 0 Å². The van der Waals surface area contributed by atoms with Crippen LogP contribution in [0.3, 0.4) is 0 Å². The summed E-state index contributed by atoms with van der Waals surface area (Å²) in [7, 11) is -2.57. The number of aryl methyl sites for hydroxylation is 1. The topological polar surface area (TPSA) is 144 Å². The third kappa shape index (κ3) is 7.70. The molecule has 1 aliphatic heterocycles. The van der Waals surface area contributed by atoms with Gasteiger partial charge in [-0.3, -0.25) is 0 Å². The fourth-order valence-electron chi connectivity index (χ4n) is 4.40. The van der Waals surface area contributed by atoms with Gasteiger partial charge < -0.3 is 24.3 Å². The number of benzene rings is 1. The molecule has 17 heteroatoms. The van der Waals surface area contributed by atoms with Gasteiger partial charge in [-0.2, -0.15) is 13.1 Å². The highest BCUT2D eigenvalue weighted by molar-refractivity contribution is 8.02. The number of carbonyl (C=O) groups excluding carboxylic acids is 1. The monoisotopic (exact) mass is 680 g/mol. The summed E-state index contributed by atoms with van der Waals surface area (Å²) in [5.74, 6) is -0.231. The number of aromatic nitrogens is 3. The van der Waals surface area contributed by atoms with E-state index < -0.39 is 34.1 Å². The van der Waals surface area contributed by atoms with Crippen molar-refractivity contribution >= 4 is 51.0 Å². The lowest BCUT2D eigenvalue weighted by Gasteiger charge is -2.25. The Morgan fingerprint density at radius 3 is 2.56 bits per heavy atom. The van der Waals surface area contributed by atoms with Crippen molar-refractivity contribution in [3.63, 3.8) is 0 Å². The van der Waals surface area contributed by atoms with Crippen LogP contribution in [0.15, 0.2) is 48.1 Å². The minimum absolute atomic E-state index is 0. The Balaban J connectivity index is 0.00000423. The van der Waals surface area contributed by atoms with Crippen LogP contribution in [0.5, 0.6) is 11.5 Å². The van der Waals surface area contributed by atoms with E-state index in [0.29, 0.717) is 29.4 Å². The molecular weight excluding hydrogens is 653 g/mol. The average molecular weight is 682 g/mol. The van der Waals surface area contributed by atoms with Crippen molar-refractivity contribution in [3.8, 4) is 11.5 Å². The second kappa shape index (κ2) is 13.9. The van der Waals surface area contributed by atoms with E-state index in [1.165, 1.54) is 47.6 Å². The number of nitrogens with one attached hydrogen (secondary N) is 1. The largest absolute Gasteiger partial charge is 0.870 e. The van der Waals surface area contributed by atoms with Gasteiger partial charge in [-0.1, -0.05) is 29.3 Å². The molecule has 2 fully saturated rings. The van der Waals surface area contributed by atoms with Gasteiger partial charge >= 0.3 is 12.6 Å². The molecule has 1 aromatic carbocycles. The fourth-order valence-corrected chi connectivity index (χ4v) is 8.06. The van der Waals surface area contributed by atoms with Gasteiger partial charge in [0.1, 0.15) is 16.1 Å². The first-order chi connectivity index (χ1) is 20.0. The Kier molecular flexibility index (Phi) is 10.8. The number of ether oxygens (including phenoxy) is 3. The predicted octanol–water partition coefficient (Wildman–Crippen LogP) is 4.35. The van der Waals surface area contributed by atoms with Crippen molar-refractivity contribution in [1.82, 2.24) is 13.9 Å². The minimum atomic E-state index is -4.12. The van der Waals surface area contributed by atoms with Gasteiger partial charge in [0.05, 0.1) is 6.61 Å². The first-order valence-corrected chi connectivity index (χ1v) is 16.2.